The van der Waals surface area contributed by atoms with E-state index >= 15 is 0 Å². The minimum absolute atomic E-state index is 0. The Morgan fingerprint density at radius 2 is 1.32 bits per heavy atom. The lowest BCUT2D eigenvalue weighted by atomic mass is 10.3. The number of hydrogen-bond donors (Lipinski definition) is 3. The smallest absolute Gasteiger partial charge is 0.246 e. The van der Waals surface area contributed by atoms with Crippen LogP contribution in [0.25, 0.3) is 0 Å². The van der Waals surface area contributed by atoms with Gasteiger partial charge >= 0.3 is 0 Å². The maximum atomic E-state index is 11.8. The molecule has 0 aromatic heterocycles. The van der Waals surface area contributed by atoms with Crippen molar-refractivity contribution in [3.05, 3.63) is 60.7 Å². The van der Waals surface area contributed by atoms with E-state index < -0.39 is 0 Å². The van der Waals surface area contributed by atoms with Crippen molar-refractivity contribution in [3.63, 3.8) is 0 Å². The van der Waals surface area contributed by atoms with E-state index in [0.717, 1.165) is 11.4 Å². The van der Waals surface area contributed by atoms with Crippen LogP contribution in [-0.4, -0.2) is 30.7 Å². The summed E-state index contributed by atoms with van der Waals surface area (Å²) in [6.45, 7) is 1.80. The predicted octanol–water partition coefficient (Wildman–Crippen LogP) is 2.69. The Morgan fingerprint density at radius 3 is 1.84 bits per heavy atom. The van der Waals surface area contributed by atoms with Gasteiger partial charge in [-0.25, -0.2) is 0 Å². The van der Waals surface area contributed by atoms with Gasteiger partial charge in [0.2, 0.25) is 11.8 Å². The summed E-state index contributed by atoms with van der Waals surface area (Å²) in [5.41, 5.74) is 1.46. The van der Waals surface area contributed by atoms with E-state index in [2.05, 4.69) is 20.9 Å². The number of para-hydroxylation sites is 2. The minimum Gasteiger partial charge on any atom is -0.365 e. The number of aliphatic imine (C=N–C) groups is 1. The van der Waals surface area contributed by atoms with Crippen molar-refractivity contribution in [2.24, 2.45) is 4.99 Å². The fourth-order valence-electron chi connectivity index (χ4n) is 1.90. The molecule has 0 aliphatic heterocycles. The minimum atomic E-state index is -0.212. The van der Waals surface area contributed by atoms with E-state index in [1.807, 2.05) is 48.5 Å². The van der Waals surface area contributed by atoms with Crippen molar-refractivity contribution in [1.82, 2.24) is 5.32 Å². The van der Waals surface area contributed by atoms with E-state index in [1.54, 1.807) is 19.1 Å². The first-order valence-electron chi connectivity index (χ1n) is 7.58. The number of halogens is 1. The molecular formula is C18H21ClN4O2. The summed E-state index contributed by atoms with van der Waals surface area (Å²) in [6, 6.07) is 18.4. The van der Waals surface area contributed by atoms with Crippen LogP contribution in [0.5, 0.6) is 0 Å². The van der Waals surface area contributed by atoms with Crippen LogP contribution >= 0.6 is 12.4 Å². The molecule has 2 aromatic rings. The number of hydrogen-bond acceptors (Lipinski definition) is 3. The predicted molar refractivity (Wildman–Crippen MR) is 103 cm³/mol. The quantitative estimate of drug-likeness (QED) is 0.547. The largest absolute Gasteiger partial charge is 0.365 e. The van der Waals surface area contributed by atoms with Crippen molar-refractivity contribution in [2.45, 2.75) is 6.92 Å². The molecule has 0 radical (unpaired) electrons. The van der Waals surface area contributed by atoms with Crippen LogP contribution in [0.4, 0.5) is 11.4 Å². The molecule has 0 aliphatic carbocycles. The lowest BCUT2D eigenvalue weighted by Gasteiger charge is -2.07. The lowest BCUT2D eigenvalue weighted by Crippen LogP contribution is -2.32. The average molecular weight is 361 g/mol. The van der Waals surface area contributed by atoms with E-state index in [-0.39, 0.29) is 37.3 Å². The van der Waals surface area contributed by atoms with E-state index in [1.165, 1.54) is 0 Å². The molecule has 7 heteroatoms. The zero-order valence-electron chi connectivity index (χ0n) is 13.9. The molecule has 0 saturated heterocycles. The molecule has 132 valence electrons. The van der Waals surface area contributed by atoms with Gasteiger partial charge in [-0.1, -0.05) is 36.4 Å². The summed E-state index contributed by atoms with van der Waals surface area (Å²) in [6.07, 6.45) is 0. The van der Waals surface area contributed by atoms with Gasteiger partial charge in [-0.15, -0.1) is 12.4 Å². The Morgan fingerprint density at radius 1 is 0.840 bits per heavy atom. The van der Waals surface area contributed by atoms with Gasteiger partial charge in [0.05, 0.1) is 12.4 Å². The molecule has 0 fully saturated rings. The number of anilines is 2. The second kappa shape index (κ2) is 10.8. The third kappa shape index (κ3) is 7.99. The van der Waals surface area contributed by atoms with Gasteiger partial charge in [-0.2, -0.15) is 0 Å². The van der Waals surface area contributed by atoms with Crippen LogP contribution < -0.4 is 16.0 Å². The number of carbonyl (C=O) groups is 2. The topological polar surface area (TPSA) is 82.6 Å². The van der Waals surface area contributed by atoms with E-state index in [4.69, 9.17) is 0 Å². The first-order chi connectivity index (χ1) is 11.6. The maximum Gasteiger partial charge on any atom is 0.246 e. The molecule has 2 amide bonds. The van der Waals surface area contributed by atoms with Crippen LogP contribution in [0.15, 0.2) is 65.7 Å². The summed E-state index contributed by atoms with van der Waals surface area (Å²) in [5, 5.41) is 8.38. The SMILES string of the molecule is CC(=NCC(=O)Nc1ccccc1)NCC(=O)Nc1ccccc1.Cl. The van der Waals surface area contributed by atoms with Gasteiger partial charge in [0.1, 0.15) is 6.54 Å². The molecule has 0 aliphatic rings. The number of nitrogens with zero attached hydrogens (tertiary/aromatic N) is 1. The van der Waals surface area contributed by atoms with Crippen molar-refractivity contribution in [1.29, 1.82) is 0 Å². The highest BCUT2D eigenvalue weighted by molar-refractivity contribution is 5.96. The zero-order valence-corrected chi connectivity index (χ0v) is 14.7. The number of carbonyl (C=O) groups excluding carboxylic acids is 2. The standard InChI is InChI=1S/C18H20N4O2.ClH/c1-14(19-12-17(23)21-15-8-4-2-5-9-15)20-13-18(24)22-16-10-6-3-7-11-16;/h2-11H,12-13H2,1H3,(H,19,20)(H,21,23)(H,22,24);1H. The highest BCUT2D eigenvalue weighted by Gasteiger charge is 2.03. The Hall–Kier alpha value is -2.86. The molecular weight excluding hydrogens is 340 g/mol. The zero-order chi connectivity index (χ0) is 17.2. The van der Waals surface area contributed by atoms with E-state index in [0.29, 0.717) is 5.84 Å². The third-order valence-electron chi connectivity index (χ3n) is 3.08. The second-order valence-electron chi connectivity index (χ2n) is 5.08. The summed E-state index contributed by atoms with van der Waals surface area (Å²) in [7, 11) is 0. The summed E-state index contributed by atoms with van der Waals surface area (Å²) < 4.78 is 0. The van der Waals surface area contributed by atoms with Crippen LogP contribution in [-0.2, 0) is 9.59 Å². The Bertz CT molecular complexity index is 706. The first-order valence-corrected chi connectivity index (χ1v) is 7.58. The van der Waals surface area contributed by atoms with Crippen LogP contribution in [0.3, 0.4) is 0 Å². The monoisotopic (exact) mass is 360 g/mol. The highest BCUT2D eigenvalue weighted by Crippen LogP contribution is 2.05. The van der Waals surface area contributed by atoms with Crippen LogP contribution in [0, 0.1) is 0 Å². The van der Waals surface area contributed by atoms with Crippen molar-refractivity contribution >= 4 is 41.4 Å². The highest BCUT2D eigenvalue weighted by atomic mass is 35.5. The fraction of sp³-hybridized carbons (Fsp3) is 0.167. The molecule has 2 aromatic carbocycles. The molecule has 25 heavy (non-hydrogen) atoms. The van der Waals surface area contributed by atoms with Crippen molar-refractivity contribution in [3.8, 4) is 0 Å². The third-order valence-corrected chi connectivity index (χ3v) is 3.08. The summed E-state index contributed by atoms with van der Waals surface area (Å²) in [4.78, 5) is 27.7. The van der Waals surface area contributed by atoms with Crippen LogP contribution in [0.1, 0.15) is 6.92 Å². The Labute approximate surface area is 153 Å². The van der Waals surface area contributed by atoms with Crippen LogP contribution in [0.2, 0.25) is 0 Å². The van der Waals surface area contributed by atoms with Gasteiger partial charge in [0.25, 0.3) is 0 Å². The van der Waals surface area contributed by atoms with Gasteiger partial charge < -0.3 is 16.0 Å². The van der Waals surface area contributed by atoms with Gasteiger partial charge in [0, 0.05) is 11.4 Å². The first kappa shape index (κ1) is 20.2. The van der Waals surface area contributed by atoms with Gasteiger partial charge in [0.15, 0.2) is 0 Å². The number of amides is 2. The number of benzene rings is 2. The second-order valence-corrected chi connectivity index (χ2v) is 5.08. The lowest BCUT2D eigenvalue weighted by molar-refractivity contribution is -0.115. The maximum absolute atomic E-state index is 11.8. The molecule has 6 nitrogen and oxygen atoms in total. The summed E-state index contributed by atoms with van der Waals surface area (Å²) in [5.74, 6) is 0.141. The normalized spacial score (nSPS) is 10.4. The number of rotatable bonds is 6. The molecule has 0 heterocycles. The molecule has 0 spiro atoms. The van der Waals surface area contributed by atoms with Gasteiger partial charge in [-0.3, -0.25) is 14.6 Å². The van der Waals surface area contributed by atoms with Gasteiger partial charge in [-0.05, 0) is 31.2 Å². The Kier molecular flexibility index (Phi) is 8.74. The van der Waals surface area contributed by atoms with Crippen molar-refractivity contribution < 1.29 is 9.59 Å². The van der Waals surface area contributed by atoms with E-state index in [9.17, 15) is 9.59 Å². The number of nitrogens with one attached hydrogen (secondary N) is 3. The molecule has 2 rings (SSSR count). The molecule has 3 N–H and O–H groups in total. The van der Waals surface area contributed by atoms with Crippen molar-refractivity contribution in [2.75, 3.05) is 23.7 Å². The fourth-order valence-corrected chi connectivity index (χ4v) is 1.90. The number of amidine groups is 1. The molecule has 0 atom stereocenters. The summed E-state index contributed by atoms with van der Waals surface area (Å²) >= 11 is 0. The Balaban J connectivity index is 0.00000312. The molecule has 0 bridgehead atoms. The average Bonchev–Trinajstić information content (AvgIpc) is 2.60. The molecule has 0 unspecified atom stereocenters. The molecule has 0 saturated carbocycles.